The molecule has 0 aromatic heterocycles. The highest BCUT2D eigenvalue weighted by atomic mass is 16.6. The molecule has 1 saturated heterocycles. The van der Waals surface area contributed by atoms with Crippen LogP contribution in [0, 0.1) is 16.7 Å². The number of ketones is 2. The summed E-state index contributed by atoms with van der Waals surface area (Å²) in [5.74, 6) is -2.97. The third-order valence-corrected chi connectivity index (χ3v) is 7.48. The van der Waals surface area contributed by atoms with Crippen LogP contribution in [0.4, 0.5) is 0 Å². The van der Waals surface area contributed by atoms with Gasteiger partial charge in [0.05, 0.1) is 17.6 Å². The molecule has 0 amide bonds. The van der Waals surface area contributed by atoms with Crippen molar-refractivity contribution in [3.8, 4) is 0 Å². The number of Topliss-reactive ketones (excluding diaryl/α,β-unsaturated/α-hetero) is 2. The molecular weight excluding hydrogens is 404 g/mol. The first kappa shape index (κ1) is 21.5. The first-order valence-electron chi connectivity index (χ1n) is 10.3. The van der Waals surface area contributed by atoms with Gasteiger partial charge in [0.25, 0.3) is 0 Å². The highest BCUT2D eigenvalue weighted by Crippen LogP contribution is 2.62. The zero-order chi connectivity index (χ0) is 22.9. The minimum Gasteiger partial charge on any atom is -0.504 e. The van der Waals surface area contributed by atoms with Crippen molar-refractivity contribution in [1.82, 2.24) is 0 Å². The standard InChI is InChI=1S/C23H26O8/c1-10-17-20(27)19(26)16-12-6-7-14(25)22(12,3)8-13(30-11(2)24)18(16)23(17,4)15(9-29-5)31-21(10)28/h12-13,15,27H,1,6-9H2,2-5H3/t12-,13+,15+,22-,23-/m0/s1. The van der Waals surface area contributed by atoms with Gasteiger partial charge in [-0.25, -0.2) is 4.79 Å². The Morgan fingerprint density at radius 2 is 1.97 bits per heavy atom. The zero-order valence-electron chi connectivity index (χ0n) is 18.1. The average molecular weight is 430 g/mol. The van der Waals surface area contributed by atoms with Gasteiger partial charge < -0.3 is 19.3 Å². The van der Waals surface area contributed by atoms with Gasteiger partial charge in [0.1, 0.15) is 18.0 Å². The second-order valence-electron chi connectivity index (χ2n) is 9.14. The van der Waals surface area contributed by atoms with Gasteiger partial charge in [-0.1, -0.05) is 13.5 Å². The number of aliphatic hydroxyl groups excluding tert-OH is 1. The van der Waals surface area contributed by atoms with Crippen LogP contribution in [0.25, 0.3) is 0 Å². The topological polar surface area (TPSA) is 116 Å². The lowest BCUT2D eigenvalue weighted by Crippen LogP contribution is -2.56. The highest BCUT2D eigenvalue weighted by molar-refractivity contribution is 6.13. The summed E-state index contributed by atoms with van der Waals surface area (Å²) in [7, 11) is 1.45. The molecule has 5 atom stereocenters. The van der Waals surface area contributed by atoms with E-state index in [1.165, 1.54) is 14.0 Å². The van der Waals surface area contributed by atoms with E-state index in [9.17, 15) is 24.3 Å². The Labute approximate surface area is 179 Å². The van der Waals surface area contributed by atoms with Crippen LogP contribution in [0.15, 0.2) is 34.6 Å². The maximum absolute atomic E-state index is 13.5. The van der Waals surface area contributed by atoms with Crippen molar-refractivity contribution in [1.29, 1.82) is 0 Å². The molecular formula is C23H26O8. The minimum absolute atomic E-state index is 0.00125. The Bertz CT molecular complexity index is 1000. The summed E-state index contributed by atoms with van der Waals surface area (Å²) in [6.07, 6.45) is -0.801. The Kier molecular flexibility index (Phi) is 4.77. The number of rotatable bonds is 3. The van der Waals surface area contributed by atoms with Gasteiger partial charge in [-0.15, -0.1) is 0 Å². The zero-order valence-corrected chi connectivity index (χ0v) is 18.1. The molecule has 0 aromatic carbocycles. The van der Waals surface area contributed by atoms with E-state index in [1.54, 1.807) is 13.8 Å². The summed E-state index contributed by atoms with van der Waals surface area (Å²) in [4.78, 5) is 50.7. The first-order valence-corrected chi connectivity index (χ1v) is 10.3. The smallest absolute Gasteiger partial charge is 0.338 e. The summed E-state index contributed by atoms with van der Waals surface area (Å²) in [6.45, 7) is 8.52. The van der Waals surface area contributed by atoms with E-state index < -0.39 is 52.4 Å². The highest BCUT2D eigenvalue weighted by Gasteiger charge is 2.64. The van der Waals surface area contributed by atoms with E-state index in [0.29, 0.717) is 18.4 Å². The largest absolute Gasteiger partial charge is 0.504 e. The maximum Gasteiger partial charge on any atom is 0.338 e. The molecule has 166 valence electrons. The van der Waals surface area contributed by atoms with Crippen molar-refractivity contribution in [3.63, 3.8) is 0 Å². The number of hydrogen-bond donors (Lipinski definition) is 1. The third-order valence-electron chi connectivity index (χ3n) is 7.48. The number of aliphatic hydroxyl groups is 1. The Morgan fingerprint density at radius 1 is 1.29 bits per heavy atom. The van der Waals surface area contributed by atoms with Crippen LogP contribution in [0.3, 0.4) is 0 Å². The van der Waals surface area contributed by atoms with E-state index in [-0.39, 0.29) is 35.5 Å². The molecule has 0 aromatic rings. The molecule has 0 spiro atoms. The van der Waals surface area contributed by atoms with Crippen molar-refractivity contribution < 1.29 is 38.5 Å². The normalized spacial score (nSPS) is 37.4. The molecule has 8 nitrogen and oxygen atoms in total. The lowest BCUT2D eigenvalue weighted by Gasteiger charge is -2.53. The summed E-state index contributed by atoms with van der Waals surface area (Å²) in [6, 6.07) is 0. The number of methoxy groups -OCH3 is 1. The average Bonchev–Trinajstić information content (AvgIpc) is 2.97. The van der Waals surface area contributed by atoms with Crippen molar-refractivity contribution in [3.05, 3.63) is 34.6 Å². The fourth-order valence-electron chi connectivity index (χ4n) is 6.02. The SMILES string of the molecule is C=C1C(=O)O[C@H](COC)[C@@]2(C)C1=C(O)C(=O)C1=C2[C@H](OC(C)=O)C[C@]2(C)C(=O)CC[C@@H]12. The maximum atomic E-state index is 13.5. The molecule has 1 saturated carbocycles. The predicted molar refractivity (Wildman–Crippen MR) is 107 cm³/mol. The molecule has 0 unspecified atom stereocenters. The number of carbonyl (C=O) groups is 4. The number of carbonyl (C=O) groups excluding carboxylic acids is 4. The van der Waals surface area contributed by atoms with E-state index in [0.717, 1.165) is 0 Å². The predicted octanol–water partition coefficient (Wildman–Crippen LogP) is 2.13. The van der Waals surface area contributed by atoms with Crippen molar-refractivity contribution in [2.24, 2.45) is 16.7 Å². The van der Waals surface area contributed by atoms with Gasteiger partial charge >= 0.3 is 11.9 Å². The van der Waals surface area contributed by atoms with Gasteiger partial charge in [-0.3, -0.25) is 14.4 Å². The van der Waals surface area contributed by atoms with E-state index >= 15 is 0 Å². The summed E-state index contributed by atoms with van der Waals surface area (Å²) in [5, 5.41) is 11.0. The molecule has 3 aliphatic carbocycles. The van der Waals surface area contributed by atoms with Gasteiger partial charge in [0.15, 0.2) is 5.76 Å². The van der Waals surface area contributed by atoms with Crippen LogP contribution >= 0.6 is 0 Å². The number of hydrogen-bond acceptors (Lipinski definition) is 8. The fraction of sp³-hybridized carbons (Fsp3) is 0.565. The molecule has 4 aliphatic rings. The van der Waals surface area contributed by atoms with Crippen molar-refractivity contribution in [2.75, 3.05) is 13.7 Å². The molecule has 31 heavy (non-hydrogen) atoms. The van der Waals surface area contributed by atoms with E-state index in [1.807, 2.05) is 0 Å². The fourth-order valence-corrected chi connectivity index (χ4v) is 6.02. The number of ether oxygens (including phenoxy) is 3. The van der Waals surface area contributed by atoms with Crippen LogP contribution in [-0.4, -0.2) is 54.5 Å². The minimum atomic E-state index is -1.21. The Hall–Kier alpha value is -2.74. The second-order valence-corrected chi connectivity index (χ2v) is 9.14. The van der Waals surface area contributed by atoms with Crippen molar-refractivity contribution in [2.45, 2.75) is 52.2 Å². The van der Waals surface area contributed by atoms with Gasteiger partial charge in [-0.2, -0.15) is 0 Å². The molecule has 8 heteroatoms. The number of esters is 2. The lowest BCUT2D eigenvalue weighted by molar-refractivity contribution is -0.160. The molecule has 1 heterocycles. The molecule has 0 radical (unpaired) electrons. The molecule has 4 rings (SSSR count). The molecule has 0 bridgehead atoms. The van der Waals surface area contributed by atoms with Crippen LogP contribution in [-0.2, 0) is 33.4 Å². The summed E-state index contributed by atoms with van der Waals surface area (Å²) in [5.41, 5.74) is -1.40. The van der Waals surface area contributed by atoms with Crippen LogP contribution in [0.1, 0.15) is 40.0 Å². The Balaban J connectivity index is 2.03. The lowest BCUT2D eigenvalue weighted by atomic mass is 9.53. The monoisotopic (exact) mass is 430 g/mol. The molecule has 2 fully saturated rings. The molecule has 1 aliphatic heterocycles. The van der Waals surface area contributed by atoms with Crippen LogP contribution in [0.5, 0.6) is 0 Å². The first-order chi connectivity index (χ1) is 14.5. The quantitative estimate of drug-likeness (QED) is 0.535. The van der Waals surface area contributed by atoms with E-state index in [4.69, 9.17) is 14.2 Å². The van der Waals surface area contributed by atoms with Gasteiger partial charge in [0, 0.05) is 49.4 Å². The van der Waals surface area contributed by atoms with Crippen LogP contribution in [0.2, 0.25) is 0 Å². The van der Waals surface area contributed by atoms with Gasteiger partial charge in [-0.05, 0) is 18.9 Å². The summed E-state index contributed by atoms with van der Waals surface area (Å²) >= 11 is 0. The Morgan fingerprint density at radius 3 is 2.58 bits per heavy atom. The third kappa shape index (κ3) is 2.70. The van der Waals surface area contributed by atoms with Gasteiger partial charge in [0.2, 0.25) is 5.78 Å². The van der Waals surface area contributed by atoms with Crippen molar-refractivity contribution >= 4 is 23.5 Å². The van der Waals surface area contributed by atoms with E-state index in [2.05, 4.69) is 6.58 Å². The second kappa shape index (κ2) is 6.88. The molecule has 1 N–H and O–H groups in total. The van der Waals surface area contributed by atoms with Crippen LogP contribution < -0.4 is 0 Å². The summed E-state index contributed by atoms with van der Waals surface area (Å²) < 4.78 is 16.5. The number of fused-ring (bicyclic) bond motifs is 4. The number of cyclic esters (lactones) is 1. The number of allylic oxidation sites excluding steroid dienone is 1.